The Morgan fingerprint density at radius 1 is 1.56 bits per heavy atom. The number of rotatable bonds is 6. The molecule has 0 bridgehead atoms. The molecule has 0 saturated heterocycles. The summed E-state index contributed by atoms with van der Waals surface area (Å²) < 4.78 is 4.92. The van der Waals surface area contributed by atoms with Crippen LogP contribution in [0.5, 0.6) is 0 Å². The molecule has 0 aromatic carbocycles. The van der Waals surface area contributed by atoms with Crippen LogP contribution >= 0.6 is 0 Å². The second-order valence-corrected chi connectivity index (χ2v) is 3.84. The minimum absolute atomic E-state index is 0.166. The molecule has 98 valence electrons. The molecule has 1 atom stereocenters. The van der Waals surface area contributed by atoms with Crippen LogP contribution in [0.1, 0.15) is 30.6 Å². The normalized spacial score (nSPS) is 11.7. The van der Waals surface area contributed by atoms with Crippen molar-refractivity contribution >= 4 is 17.7 Å². The minimum Gasteiger partial charge on any atom is -0.462 e. The Morgan fingerprint density at radius 2 is 2.28 bits per heavy atom. The van der Waals surface area contributed by atoms with Gasteiger partial charge in [0.25, 0.3) is 0 Å². The fourth-order valence-electron chi connectivity index (χ4n) is 1.48. The van der Waals surface area contributed by atoms with Gasteiger partial charge in [-0.2, -0.15) is 0 Å². The summed E-state index contributed by atoms with van der Waals surface area (Å²) in [4.78, 5) is 26.5. The number of nitrogens with one attached hydrogen (secondary N) is 1. The second kappa shape index (κ2) is 6.58. The number of ether oxygens (including phenoxy) is 1. The lowest BCUT2D eigenvalue weighted by Crippen LogP contribution is -2.25. The van der Waals surface area contributed by atoms with E-state index in [1.165, 1.54) is 0 Å². The van der Waals surface area contributed by atoms with Gasteiger partial charge in [0, 0.05) is 18.7 Å². The van der Waals surface area contributed by atoms with Crippen molar-refractivity contribution in [1.29, 1.82) is 0 Å². The van der Waals surface area contributed by atoms with E-state index in [1.54, 1.807) is 32.2 Å². The van der Waals surface area contributed by atoms with Gasteiger partial charge in [-0.05, 0) is 26.0 Å². The molecule has 6 heteroatoms. The molecular weight excluding hydrogens is 234 g/mol. The topological polar surface area (TPSA) is 94.3 Å². The standard InChI is InChI=1S/C12H17N3O3/c1-3-18-12(17)9-5-4-6-14-11(9)15-8(2)7-10(13)16/h4-6,8H,3,7H2,1-2H3,(H2,13,16)(H,14,15). The maximum atomic E-state index is 11.7. The number of amides is 1. The average Bonchev–Trinajstić information content (AvgIpc) is 2.28. The molecule has 1 amide bonds. The predicted molar refractivity (Wildman–Crippen MR) is 67.1 cm³/mol. The number of hydrogen-bond donors (Lipinski definition) is 2. The van der Waals surface area contributed by atoms with Crippen LogP contribution in [0.2, 0.25) is 0 Å². The van der Waals surface area contributed by atoms with Crippen molar-refractivity contribution < 1.29 is 14.3 Å². The molecule has 0 fully saturated rings. The van der Waals surface area contributed by atoms with Crippen LogP contribution in [0.3, 0.4) is 0 Å². The molecular formula is C12H17N3O3. The minimum atomic E-state index is -0.445. The lowest BCUT2D eigenvalue weighted by molar-refractivity contribution is -0.118. The fourth-order valence-corrected chi connectivity index (χ4v) is 1.48. The van der Waals surface area contributed by atoms with Crippen LogP contribution in [0.15, 0.2) is 18.3 Å². The van der Waals surface area contributed by atoms with Gasteiger partial charge >= 0.3 is 5.97 Å². The van der Waals surface area contributed by atoms with Crippen molar-refractivity contribution in [2.75, 3.05) is 11.9 Å². The largest absolute Gasteiger partial charge is 0.462 e. The highest BCUT2D eigenvalue weighted by molar-refractivity contribution is 5.94. The lowest BCUT2D eigenvalue weighted by atomic mass is 10.2. The number of esters is 1. The Morgan fingerprint density at radius 3 is 2.89 bits per heavy atom. The molecule has 1 aromatic rings. The maximum absolute atomic E-state index is 11.7. The highest BCUT2D eigenvalue weighted by atomic mass is 16.5. The first-order valence-corrected chi connectivity index (χ1v) is 5.71. The first-order chi connectivity index (χ1) is 8.54. The van der Waals surface area contributed by atoms with Crippen molar-refractivity contribution in [2.45, 2.75) is 26.3 Å². The molecule has 3 N–H and O–H groups in total. The number of nitrogens with two attached hydrogens (primary N) is 1. The van der Waals surface area contributed by atoms with Crippen LogP contribution in [-0.4, -0.2) is 29.5 Å². The molecule has 0 spiro atoms. The van der Waals surface area contributed by atoms with Gasteiger partial charge in [-0.3, -0.25) is 4.79 Å². The van der Waals surface area contributed by atoms with Crippen molar-refractivity contribution in [2.24, 2.45) is 5.73 Å². The number of carbonyl (C=O) groups excluding carboxylic acids is 2. The second-order valence-electron chi connectivity index (χ2n) is 3.84. The summed E-state index contributed by atoms with van der Waals surface area (Å²) in [7, 11) is 0. The molecule has 6 nitrogen and oxygen atoms in total. The molecule has 0 aliphatic heterocycles. The van der Waals surface area contributed by atoms with Crippen LogP contribution in [-0.2, 0) is 9.53 Å². The summed E-state index contributed by atoms with van der Waals surface area (Å²) in [6.07, 6.45) is 1.72. The van der Waals surface area contributed by atoms with Crippen molar-refractivity contribution in [3.63, 3.8) is 0 Å². The first kappa shape index (κ1) is 14.0. The molecule has 18 heavy (non-hydrogen) atoms. The zero-order valence-corrected chi connectivity index (χ0v) is 10.5. The van der Waals surface area contributed by atoms with E-state index in [9.17, 15) is 9.59 Å². The van der Waals surface area contributed by atoms with E-state index in [0.29, 0.717) is 18.0 Å². The zero-order valence-electron chi connectivity index (χ0n) is 10.5. The van der Waals surface area contributed by atoms with Gasteiger partial charge in [-0.15, -0.1) is 0 Å². The summed E-state index contributed by atoms with van der Waals surface area (Å²) >= 11 is 0. The number of carbonyl (C=O) groups is 2. The summed E-state index contributed by atoms with van der Waals surface area (Å²) in [5.41, 5.74) is 5.44. The Bertz CT molecular complexity index is 434. The molecule has 1 heterocycles. The molecule has 0 saturated carbocycles. The van der Waals surface area contributed by atoms with Gasteiger partial charge in [-0.25, -0.2) is 9.78 Å². The molecule has 1 unspecified atom stereocenters. The highest BCUT2D eigenvalue weighted by Gasteiger charge is 2.15. The number of aromatic nitrogens is 1. The Kier molecular flexibility index (Phi) is 5.10. The van der Waals surface area contributed by atoms with Gasteiger partial charge < -0.3 is 15.8 Å². The van der Waals surface area contributed by atoms with E-state index in [4.69, 9.17) is 10.5 Å². The Hall–Kier alpha value is -2.11. The SMILES string of the molecule is CCOC(=O)c1cccnc1NC(C)CC(N)=O. The summed E-state index contributed by atoms with van der Waals surface area (Å²) in [6.45, 7) is 3.81. The summed E-state index contributed by atoms with van der Waals surface area (Å²) in [5.74, 6) is -0.465. The third kappa shape index (κ3) is 4.04. The highest BCUT2D eigenvalue weighted by Crippen LogP contribution is 2.14. The quantitative estimate of drug-likeness (QED) is 0.733. The summed E-state index contributed by atoms with van der Waals surface area (Å²) in [6, 6.07) is 3.06. The molecule has 1 rings (SSSR count). The molecule has 0 radical (unpaired) electrons. The zero-order chi connectivity index (χ0) is 13.5. The van der Waals surface area contributed by atoms with E-state index in [2.05, 4.69) is 10.3 Å². The lowest BCUT2D eigenvalue weighted by Gasteiger charge is -2.15. The van der Waals surface area contributed by atoms with Crippen LogP contribution < -0.4 is 11.1 Å². The fraction of sp³-hybridized carbons (Fsp3) is 0.417. The monoisotopic (exact) mass is 251 g/mol. The molecule has 0 aliphatic rings. The van der Waals surface area contributed by atoms with Crippen LogP contribution in [0, 0.1) is 0 Å². The van der Waals surface area contributed by atoms with Gasteiger partial charge in [0.15, 0.2) is 0 Å². The third-order valence-corrected chi connectivity index (χ3v) is 2.19. The van der Waals surface area contributed by atoms with E-state index in [-0.39, 0.29) is 12.5 Å². The smallest absolute Gasteiger partial charge is 0.341 e. The third-order valence-electron chi connectivity index (χ3n) is 2.19. The van der Waals surface area contributed by atoms with Crippen molar-refractivity contribution in [3.8, 4) is 0 Å². The van der Waals surface area contributed by atoms with E-state index < -0.39 is 11.9 Å². The predicted octanol–water partition coefficient (Wildman–Crippen LogP) is 0.934. The van der Waals surface area contributed by atoms with E-state index in [1.807, 2.05) is 0 Å². The van der Waals surface area contributed by atoms with Crippen LogP contribution in [0.25, 0.3) is 0 Å². The number of nitrogens with zero attached hydrogens (tertiary/aromatic N) is 1. The molecule has 1 aromatic heterocycles. The van der Waals surface area contributed by atoms with E-state index >= 15 is 0 Å². The Balaban J connectivity index is 2.82. The van der Waals surface area contributed by atoms with Gasteiger partial charge in [0.2, 0.25) is 5.91 Å². The summed E-state index contributed by atoms with van der Waals surface area (Å²) in [5, 5.41) is 2.97. The Labute approximate surface area is 106 Å². The van der Waals surface area contributed by atoms with Gasteiger partial charge in [0.1, 0.15) is 11.4 Å². The first-order valence-electron chi connectivity index (χ1n) is 5.71. The average molecular weight is 251 g/mol. The van der Waals surface area contributed by atoms with Crippen molar-refractivity contribution in [3.05, 3.63) is 23.9 Å². The van der Waals surface area contributed by atoms with Gasteiger partial charge in [0.05, 0.1) is 6.61 Å². The van der Waals surface area contributed by atoms with Crippen molar-refractivity contribution in [1.82, 2.24) is 4.98 Å². The number of primary amides is 1. The van der Waals surface area contributed by atoms with E-state index in [0.717, 1.165) is 0 Å². The number of anilines is 1. The van der Waals surface area contributed by atoms with Gasteiger partial charge in [-0.1, -0.05) is 0 Å². The van der Waals surface area contributed by atoms with Crippen LogP contribution in [0.4, 0.5) is 5.82 Å². The number of pyridine rings is 1. The number of hydrogen-bond acceptors (Lipinski definition) is 5. The molecule has 0 aliphatic carbocycles. The maximum Gasteiger partial charge on any atom is 0.341 e.